The Morgan fingerprint density at radius 2 is 2.10 bits per heavy atom. The number of ether oxygens (including phenoxy) is 1. The van der Waals surface area contributed by atoms with Crippen LogP contribution in [0.5, 0.6) is 0 Å². The van der Waals surface area contributed by atoms with E-state index in [1.165, 1.54) is 0 Å². The van der Waals surface area contributed by atoms with E-state index in [-0.39, 0.29) is 6.10 Å². The van der Waals surface area contributed by atoms with E-state index in [9.17, 15) is 0 Å². The van der Waals surface area contributed by atoms with E-state index in [0.717, 1.165) is 41.6 Å². The number of morpholine rings is 1. The first-order chi connectivity index (χ1) is 10.3. The Morgan fingerprint density at radius 1 is 1.29 bits per heavy atom. The molecule has 1 fully saturated rings. The van der Waals surface area contributed by atoms with Crippen LogP contribution in [0.2, 0.25) is 5.02 Å². The Morgan fingerprint density at radius 3 is 2.86 bits per heavy atom. The van der Waals surface area contributed by atoms with Crippen molar-refractivity contribution in [1.29, 1.82) is 0 Å². The smallest absolute Gasteiger partial charge is 0.132 e. The summed E-state index contributed by atoms with van der Waals surface area (Å²) in [6.45, 7) is 4.44. The Labute approximate surface area is 129 Å². The van der Waals surface area contributed by atoms with Crippen molar-refractivity contribution in [3.05, 3.63) is 52.9 Å². The fourth-order valence-electron chi connectivity index (χ4n) is 2.49. The molecule has 110 valence electrons. The Kier molecular flexibility index (Phi) is 4.36. The van der Waals surface area contributed by atoms with Crippen molar-refractivity contribution in [1.82, 2.24) is 9.97 Å². The van der Waals surface area contributed by atoms with Gasteiger partial charge < -0.3 is 9.64 Å². The molecule has 0 saturated carbocycles. The van der Waals surface area contributed by atoms with Gasteiger partial charge in [0.2, 0.25) is 0 Å². The van der Waals surface area contributed by atoms with E-state index < -0.39 is 0 Å². The molecule has 1 aromatic carbocycles. The standard InChI is InChI=1S/C16H18ClN3O/c1-2-14-9-16(19-11-18-14)20-7-8-21-15(10-20)12-3-5-13(17)6-4-12/h3-6,9,11,15H,2,7-8,10H2,1H3. The molecule has 5 heteroatoms. The van der Waals surface area contributed by atoms with Crippen LogP contribution in [0.3, 0.4) is 0 Å². The molecular weight excluding hydrogens is 286 g/mol. The van der Waals surface area contributed by atoms with Gasteiger partial charge in [0, 0.05) is 29.9 Å². The van der Waals surface area contributed by atoms with Gasteiger partial charge in [-0.2, -0.15) is 0 Å². The van der Waals surface area contributed by atoms with E-state index in [1.54, 1.807) is 6.33 Å². The zero-order valence-electron chi connectivity index (χ0n) is 12.0. The van der Waals surface area contributed by atoms with Crippen LogP contribution in [0, 0.1) is 0 Å². The summed E-state index contributed by atoms with van der Waals surface area (Å²) in [7, 11) is 0. The summed E-state index contributed by atoms with van der Waals surface area (Å²) in [4.78, 5) is 10.9. The topological polar surface area (TPSA) is 38.2 Å². The second-order valence-corrected chi connectivity index (χ2v) is 5.51. The lowest BCUT2D eigenvalue weighted by atomic mass is 10.1. The summed E-state index contributed by atoms with van der Waals surface area (Å²) in [6, 6.07) is 9.91. The van der Waals surface area contributed by atoms with Crippen LogP contribution in [0.4, 0.5) is 5.82 Å². The zero-order valence-corrected chi connectivity index (χ0v) is 12.8. The van der Waals surface area contributed by atoms with Crippen LogP contribution in [-0.2, 0) is 11.2 Å². The van der Waals surface area contributed by atoms with Gasteiger partial charge in [0.25, 0.3) is 0 Å². The molecule has 0 N–H and O–H groups in total. The molecule has 1 atom stereocenters. The second kappa shape index (κ2) is 6.41. The van der Waals surface area contributed by atoms with Crippen molar-refractivity contribution < 1.29 is 4.74 Å². The van der Waals surface area contributed by atoms with E-state index in [1.807, 2.05) is 24.3 Å². The minimum atomic E-state index is 0.0519. The number of benzene rings is 1. The van der Waals surface area contributed by atoms with Gasteiger partial charge in [-0.25, -0.2) is 9.97 Å². The lowest BCUT2D eigenvalue weighted by molar-refractivity contribution is 0.0395. The van der Waals surface area contributed by atoms with Crippen LogP contribution in [0.15, 0.2) is 36.7 Å². The molecule has 1 aromatic heterocycles. The third-order valence-electron chi connectivity index (χ3n) is 3.70. The highest BCUT2D eigenvalue weighted by atomic mass is 35.5. The van der Waals surface area contributed by atoms with Gasteiger partial charge in [0.05, 0.1) is 6.61 Å². The number of nitrogens with zero attached hydrogens (tertiary/aromatic N) is 3. The van der Waals surface area contributed by atoms with Crippen LogP contribution >= 0.6 is 11.6 Å². The molecule has 0 amide bonds. The maximum Gasteiger partial charge on any atom is 0.132 e. The van der Waals surface area contributed by atoms with Gasteiger partial charge in [-0.1, -0.05) is 30.7 Å². The Balaban J connectivity index is 1.77. The number of hydrogen-bond acceptors (Lipinski definition) is 4. The predicted molar refractivity (Wildman–Crippen MR) is 83.8 cm³/mol. The van der Waals surface area contributed by atoms with E-state index in [2.05, 4.69) is 27.9 Å². The number of hydrogen-bond donors (Lipinski definition) is 0. The van der Waals surface area contributed by atoms with Gasteiger partial charge in [0.15, 0.2) is 0 Å². The van der Waals surface area contributed by atoms with E-state index >= 15 is 0 Å². The van der Waals surface area contributed by atoms with Gasteiger partial charge in [-0.15, -0.1) is 0 Å². The molecule has 1 saturated heterocycles. The van der Waals surface area contributed by atoms with Gasteiger partial charge >= 0.3 is 0 Å². The summed E-state index contributed by atoms with van der Waals surface area (Å²) in [5.74, 6) is 0.976. The minimum absolute atomic E-state index is 0.0519. The third kappa shape index (κ3) is 3.34. The Hall–Kier alpha value is -1.65. The molecule has 2 aromatic rings. The van der Waals surface area contributed by atoms with Crippen molar-refractivity contribution in [3.63, 3.8) is 0 Å². The molecule has 0 spiro atoms. The van der Waals surface area contributed by atoms with Crippen molar-refractivity contribution in [2.75, 3.05) is 24.6 Å². The van der Waals surface area contributed by atoms with Gasteiger partial charge in [0.1, 0.15) is 18.2 Å². The van der Waals surface area contributed by atoms with Gasteiger partial charge in [-0.3, -0.25) is 0 Å². The molecule has 1 unspecified atom stereocenters. The molecule has 3 rings (SSSR count). The third-order valence-corrected chi connectivity index (χ3v) is 3.96. The summed E-state index contributed by atoms with van der Waals surface area (Å²) in [6.07, 6.45) is 2.61. The monoisotopic (exact) mass is 303 g/mol. The average Bonchev–Trinajstić information content (AvgIpc) is 2.56. The molecule has 0 radical (unpaired) electrons. The molecule has 1 aliphatic heterocycles. The van der Waals surface area contributed by atoms with Gasteiger partial charge in [-0.05, 0) is 24.1 Å². The molecular formula is C16H18ClN3O. The van der Waals surface area contributed by atoms with Crippen LogP contribution < -0.4 is 4.90 Å². The van der Waals surface area contributed by atoms with E-state index in [0.29, 0.717) is 6.61 Å². The second-order valence-electron chi connectivity index (χ2n) is 5.08. The molecule has 21 heavy (non-hydrogen) atoms. The summed E-state index contributed by atoms with van der Waals surface area (Å²) in [5, 5.41) is 0.745. The molecule has 0 aliphatic carbocycles. The SMILES string of the molecule is CCc1cc(N2CCOC(c3ccc(Cl)cc3)C2)ncn1. The molecule has 2 heterocycles. The van der Waals surface area contributed by atoms with E-state index in [4.69, 9.17) is 16.3 Å². The summed E-state index contributed by atoms with van der Waals surface area (Å²) < 4.78 is 5.88. The molecule has 4 nitrogen and oxygen atoms in total. The fourth-order valence-corrected chi connectivity index (χ4v) is 2.61. The minimum Gasteiger partial charge on any atom is -0.370 e. The number of rotatable bonds is 3. The molecule has 1 aliphatic rings. The Bertz CT molecular complexity index is 603. The highest BCUT2D eigenvalue weighted by Crippen LogP contribution is 2.26. The van der Waals surface area contributed by atoms with Crippen LogP contribution in [0.1, 0.15) is 24.3 Å². The quantitative estimate of drug-likeness (QED) is 0.872. The number of aromatic nitrogens is 2. The largest absolute Gasteiger partial charge is 0.370 e. The fraction of sp³-hybridized carbons (Fsp3) is 0.375. The first kappa shape index (κ1) is 14.3. The number of halogens is 1. The van der Waals surface area contributed by atoms with Crippen LogP contribution in [-0.4, -0.2) is 29.7 Å². The normalized spacial score (nSPS) is 18.8. The predicted octanol–water partition coefficient (Wildman–Crippen LogP) is 3.27. The van der Waals surface area contributed by atoms with Crippen molar-refractivity contribution in [2.45, 2.75) is 19.4 Å². The van der Waals surface area contributed by atoms with Crippen molar-refractivity contribution in [3.8, 4) is 0 Å². The lowest BCUT2D eigenvalue weighted by Crippen LogP contribution is -2.38. The summed E-state index contributed by atoms with van der Waals surface area (Å²) >= 11 is 5.94. The lowest BCUT2D eigenvalue weighted by Gasteiger charge is -2.34. The first-order valence-corrected chi connectivity index (χ1v) is 7.57. The maximum absolute atomic E-state index is 5.94. The van der Waals surface area contributed by atoms with Crippen molar-refractivity contribution >= 4 is 17.4 Å². The first-order valence-electron chi connectivity index (χ1n) is 7.19. The number of anilines is 1. The van der Waals surface area contributed by atoms with Crippen molar-refractivity contribution in [2.24, 2.45) is 0 Å². The average molecular weight is 304 g/mol. The highest BCUT2D eigenvalue weighted by molar-refractivity contribution is 6.30. The summed E-state index contributed by atoms with van der Waals surface area (Å²) in [5.41, 5.74) is 2.21. The zero-order chi connectivity index (χ0) is 14.7. The number of aryl methyl sites for hydroxylation is 1. The van der Waals surface area contributed by atoms with Crippen LogP contribution in [0.25, 0.3) is 0 Å². The molecule has 0 bridgehead atoms. The maximum atomic E-state index is 5.94. The highest BCUT2D eigenvalue weighted by Gasteiger charge is 2.23.